The average Bonchev–Trinajstić information content (AvgIpc) is 2.45. The van der Waals surface area contributed by atoms with Crippen LogP contribution in [0, 0.1) is 0 Å². The zero-order valence-corrected chi connectivity index (χ0v) is 10.3. The smallest absolute Gasteiger partial charge is 0.0682 e. The summed E-state index contributed by atoms with van der Waals surface area (Å²) in [5.74, 6) is 0. The van der Waals surface area contributed by atoms with Gasteiger partial charge in [-0.3, -0.25) is 0 Å². The number of nitrogens with one attached hydrogen (secondary N) is 1. The minimum Gasteiger partial charge on any atom is -0.392 e. The molecule has 0 amide bonds. The van der Waals surface area contributed by atoms with Crippen LogP contribution in [0.3, 0.4) is 0 Å². The molecule has 0 spiro atoms. The van der Waals surface area contributed by atoms with Gasteiger partial charge >= 0.3 is 0 Å². The molecular weight excluding hydrogens is 224 g/mol. The zero-order chi connectivity index (χ0) is 12.8. The van der Waals surface area contributed by atoms with E-state index >= 15 is 0 Å². The second-order valence-electron chi connectivity index (χ2n) is 4.15. The third-order valence-electron chi connectivity index (χ3n) is 2.78. The minimum atomic E-state index is 0.0684. The van der Waals surface area contributed by atoms with E-state index in [1.54, 1.807) is 0 Å². The molecule has 0 aliphatic rings. The molecule has 0 aromatic heterocycles. The van der Waals surface area contributed by atoms with Crippen LogP contribution in [0.2, 0.25) is 0 Å². The Balaban J connectivity index is 2.26. The van der Waals surface area contributed by atoms with Crippen LogP contribution < -0.4 is 11.1 Å². The van der Waals surface area contributed by atoms with Crippen molar-refractivity contribution < 1.29 is 5.11 Å². The van der Waals surface area contributed by atoms with Crippen molar-refractivity contribution in [2.75, 3.05) is 18.4 Å². The van der Waals surface area contributed by atoms with Crippen LogP contribution in [0.15, 0.2) is 48.5 Å². The maximum atomic E-state index is 9.15. The van der Waals surface area contributed by atoms with Gasteiger partial charge in [-0.2, -0.15) is 0 Å². The van der Waals surface area contributed by atoms with E-state index in [2.05, 4.69) is 17.4 Å². The largest absolute Gasteiger partial charge is 0.392 e. The van der Waals surface area contributed by atoms with Crippen LogP contribution in [-0.4, -0.2) is 18.2 Å². The molecule has 2 aromatic rings. The van der Waals surface area contributed by atoms with Crippen LogP contribution in [0.5, 0.6) is 0 Å². The summed E-state index contributed by atoms with van der Waals surface area (Å²) >= 11 is 0. The molecule has 2 rings (SSSR count). The summed E-state index contributed by atoms with van der Waals surface area (Å²) in [6, 6.07) is 16.1. The quantitative estimate of drug-likeness (QED) is 0.753. The summed E-state index contributed by atoms with van der Waals surface area (Å²) in [6.07, 6.45) is 0. The van der Waals surface area contributed by atoms with E-state index in [9.17, 15) is 0 Å². The normalized spacial score (nSPS) is 10.3. The predicted molar refractivity (Wildman–Crippen MR) is 75.3 cm³/mol. The Morgan fingerprint density at radius 3 is 2.44 bits per heavy atom. The van der Waals surface area contributed by atoms with Crippen molar-refractivity contribution in [2.45, 2.75) is 6.61 Å². The molecule has 2 aromatic carbocycles. The Labute approximate surface area is 107 Å². The van der Waals surface area contributed by atoms with E-state index in [0.29, 0.717) is 6.54 Å². The third kappa shape index (κ3) is 3.09. The highest BCUT2D eigenvalue weighted by atomic mass is 16.3. The van der Waals surface area contributed by atoms with Gasteiger partial charge in [-0.1, -0.05) is 30.3 Å². The first-order chi connectivity index (χ1) is 8.83. The Hall–Kier alpha value is -1.84. The highest BCUT2D eigenvalue weighted by Gasteiger charge is 2.00. The van der Waals surface area contributed by atoms with Crippen molar-refractivity contribution in [1.82, 2.24) is 0 Å². The lowest BCUT2D eigenvalue weighted by Gasteiger charge is -2.08. The molecule has 3 nitrogen and oxygen atoms in total. The SMILES string of the molecule is NCCNc1cccc(-c2cccc(CO)c2)c1. The van der Waals surface area contributed by atoms with Crippen LogP contribution in [0.1, 0.15) is 5.56 Å². The number of hydrogen-bond donors (Lipinski definition) is 3. The average molecular weight is 242 g/mol. The van der Waals surface area contributed by atoms with Crippen molar-refractivity contribution in [3.05, 3.63) is 54.1 Å². The molecular formula is C15H18N2O. The molecule has 0 saturated heterocycles. The Kier molecular flexibility index (Phi) is 4.34. The molecule has 0 fully saturated rings. The molecule has 0 bridgehead atoms. The third-order valence-corrected chi connectivity index (χ3v) is 2.78. The number of rotatable bonds is 5. The molecule has 0 saturated carbocycles. The number of aliphatic hydroxyl groups is 1. The molecule has 3 heteroatoms. The lowest BCUT2D eigenvalue weighted by molar-refractivity contribution is 0.282. The molecule has 0 aliphatic carbocycles. The van der Waals surface area contributed by atoms with E-state index < -0.39 is 0 Å². The van der Waals surface area contributed by atoms with E-state index in [-0.39, 0.29) is 6.61 Å². The van der Waals surface area contributed by atoms with E-state index in [1.165, 1.54) is 0 Å². The second kappa shape index (κ2) is 6.19. The lowest BCUT2D eigenvalue weighted by atomic mass is 10.0. The summed E-state index contributed by atoms with van der Waals surface area (Å²) in [6.45, 7) is 1.45. The summed E-state index contributed by atoms with van der Waals surface area (Å²) in [7, 11) is 0. The topological polar surface area (TPSA) is 58.3 Å². The van der Waals surface area contributed by atoms with Gasteiger partial charge in [0, 0.05) is 18.8 Å². The molecule has 4 N–H and O–H groups in total. The number of benzene rings is 2. The minimum absolute atomic E-state index is 0.0684. The van der Waals surface area contributed by atoms with Crippen LogP contribution in [0.4, 0.5) is 5.69 Å². The van der Waals surface area contributed by atoms with Crippen molar-refractivity contribution in [2.24, 2.45) is 5.73 Å². The molecule has 0 radical (unpaired) electrons. The van der Waals surface area contributed by atoms with Gasteiger partial charge in [-0.05, 0) is 34.9 Å². The predicted octanol–water partition coefficient (Wildman–Crippen LogP) is 2.22. The Morgan fingerprint density at radius 2 is 1.72 bits per heavy atom. The summed E-state index contributed by atoms with van der Waals surface area (Å²) < 4.78 is 0. The molecule has 0 unspecified atom stereocenters. The van der Waals surface area contributed by atoms with Crippen LogP contribution >= 0.6 is 0 Å². The van der Waals surface area contributed by atoms with Gasteiger partial charge in [0.1, 0.15) is 0 Å². The summed E-state index contributed by atoms with van der Waals surface area (Å²) in [5, 5.41) is 12.4. The van der Waals surface area contributed by atoms with Crippen LogP contribution in [0.25, 0.3) is 11.1 Å². The number of hydrogen-bond acceptors (Lipinski definition) is 3. The first kappa shape index (κ1) is 12.6. The highest BCUT2D eigenvalue weighted by molar-refractivity contribution is 5.68. The standard InChI is InChI=1S/C15H18N2O/c16-7-8-17-15-6-2-5-14(10-15)13-4-1-3-12(9-13)11-18/h1-6,9-10,17-18H,7-8,11,16H2. The molecule has 0 heterocycles. The maximum absolute atomic E-state index is 9.15. The molecule has 0 atom stereocenters. The Bertz CT molecular complexity index is 511. The zero-order valence-electron chi connectivity index (χ0n) is 10.3. The van der Waals surface area contributed by atoms with Crippen molar-refractivity contribution >= 4 is 5.69 Å². The van der Waals surface area contributed by atoms with Crippen molar-refractivity contribution in [1.29, 1.82) is 0 Å². The van der Waals surface area contributed by atoms with Gasteiger partial charge in [0.2, 0.25) is 0 Å². The Morgan fingerprint density at radius 1 is 1.00 bits per heavy atom. The summed E-state index contributed by atoms with van der Waals surface area (Å²) in [4.78, 5) is 0. The highest BCUT2D eigenvalue weighted by Crippen LogP contribution is 2.23. The van der Waals surface area contributed by atoms with E-state index in [1.807, 2.05) is 36.4 Å². The fourth-order valence-corrected chi connectivity index (χ4v) is 1.87. The monoisotopic (exact) mass is 242 g/mol. The lowest BCUT2D eigenvalue weighted by Crippen LogP contribution is -2.12. The summed E-state index contributed by atoms with van der Waals surface area (Å²) in [5.41, 5.74) is 9.70. The van der Waals surface area contributed by atoms with Gasteiger partial charge in [-0.25, -0.2) is 0 Å². The van der Waals surface area contributed by atoms with Gasteiger partial charge in [0.15, 0.2) is 0 Å². The van der Waals surface area contributed by atoms with E-state index in [4.69, 9.17) is 10.8 Å². The van der Waals surface area contributed by atoms with Crippen LogP contribution in [-0.2, 0) is 6.61 Å². The maximum Gasteiger partial charge on any atom is 0.0682 e. The first-order valence-electron chi connectivity index (χ1n) is 6.07. The molecule has 18 heavy (non-hydrogen) atoms. The number of nitrogens with two attached hydrogens (primary N) is 1. The fourth-order valence-electron chi connectivity index (χ4n) is 1.87. The van der Waals surface area contributed by atoms with Gasteiger partial charge in [0.05, 0.1) is 6.61 Å². The fraction of sp³-hybridized carbons (Fsp3) is 0.200. The van der Waals surface area contributed by atoms with E-state index in [0.717, 1.165) is 28.9 Å². The van der Waals surface area contributed by atoms with Crippen molar-refractivity contribution in [3.63, 3.8) is 0 Å². The van der Waals surface area contributed by atoms with Gasteiger partial charge < -0.3 is 16.2 Å². The number of aliphatic hydroxyl groups excluding tert-OH is 1. The number of anilines is 1. The molecule has 94 valence electrons. The van der Waals surface area contributed by atoms with Crippen molar-refractivity contribution in [3.8, 4) is 11.1 Å². The second-order valence-corrected chi connectivity index (χ2v) is 4.15. The molecule has 0 aliphatic heterocycles. The van der Waals surface area contributed by atoms with Gasteiger partial charge in [-0.15, -0.1) is 0 Å². The van der Waals surface area contributed by atoms with Gasteiger partial charge in [0.25, 0.3) is 0 Å². The first-order valence-corrected chi connectivity index (χ1v) is 6.07.